The van der Waals surface area contributed by atoms with Gasteiger partial charge in [0.05, 0.1) is 4.92 Å². The number of nitrogens with zero attached hydrogens (tertiary/aromatic N) is 2. The maximum Gasteiger partial charge on any atom is 0.294 e. The van der Waals surface area contributed by atoms with Crippen LogP contribution in [-0.2, 0) is 4.79 Å². The van der Waals surface area contributed by atoms with Gasteiger partial charge in [0.15, 0.2) is 0 Å². The highest BCUT2D eigenvalue weighted by Gasteiger charge is 2.35. The van der Waals surface area contributed by atoms with E-state index < -0.39 is 4.92 Å². The number of aliphatic hydroxyl groups excluding tert-OH is 1. The molecule has 1 aliphatic rings. The summed E-state index contributed by atoms with van der Waals surface area (Å²) in [5.74, 6) is -0.394. The molecule has 6 nitrogen and oxygen atoms in total. The molecule has 1 aromatic carbocycles. The minimum absolute atomic E-state index is 0.108. The van der Waals surface area contributed by atoms with Gasteiger partial charge in [-0.2, -0.15) is 0 Å². The van der Waals surface area contributed by atoms with E-state index in [1.54, 1.807) is 13.0 Å². The molecule has 0 aromatic heterocycles. The maximum absolute atomic E-state index is 11.9. The third-order valence-electron chi connectivity index (χ3n) is 3.18. The van der Waals surface area contributed by atoms with Gasteiger partial charge in [-0.05, 0) is 18.6 Å². The van der Waals surface area contributed by atoms with Crippen LogP contribution in [-0.4, -0.2) is 29.1 Å². The Labute approximate surface area is 114 Å². The molecule has 0 saturated carbocycles. The zero-order valence-electron chi connectivity index (χ0n) is 10.3. The molecule has 2 rings (SSSR count). The van der Waals surface area contributed by atoms with Crippen LogP contribution in [0.5, 0.6) is 0 Å². The van der Waals surface area contributed by atoms with E-state index in [-0.39, 0.29) is 41.3 Å². The Morgan fingerprint density at radius 3 is 2.79 bits per heavy atom. The van der Waals surface area contributed by atoms with Crippen molar-refractivity contribution in [1.82, 2.24) is 0 Å². The average molecular weight is 285 g/mol. The summed E-state index contributed by atoms with van der Waals surface area (Å²) in [5.41, 5.74) is 0.665. The van der Waals surface area contributed by atoms with Gasteiger partial charge in [-0.15, -0.1) is 0 Å². The number of hydrogen-bond acceptors (Lipinski definition) is 4. The number of carbonyl (C=O) groups is 1. The molecule has 1 amide bonds. The van der Waals surface area contributed by atoms with Gasteiger partial charge in [0.1, 0.15) is 5.69 Å². The number of hydrogen-bond donors (Lipinski definition) is 1. The number of halogens is 1. The van der Waals surface area contributed by atoms with Crippen LogP contribution in [0, 0.1) is 23.0 Å². The Kier molecular flexibility index (Phi) is 3.73. The zero-order chi connectivity index (χ0) is 14.2. The molecule has 19 heavy (non-hydrogen) atoms. The quantitative estimate of drug-likeness (QED) is 0.679. The van der Waals surface area contributed by atoms with E-state index in [2.05, 4.69) is 0 Å². The molecule has 1 saturated heterocycles. The molecule has 0 spiro atoms. The number of anilines is 1. The van der Waals surface area contributed by atoms with E-state index in [1.807, 2.05) is 0 Å². The number of nitro groups is 1. The van der Waals surface area contributed by atoms with Gasteiger partial charge in [-0.3, -0.25) is 14.9 Å². The molecular formula is C12H13ClN2O4. The molecular weight excluding hydrogens is 272 g/mol. The van der Waals surface area contributed by atoms with Gasteiger partial charge in [0, 0.05) is 36.6 Å². The molecule has 1 atom stereocenters. The maximum atomic E-state index is 11.9. The van der Waals surface area contributed by atoms with Crippen molar-refractivity contribution in [1.29, 1.82) is 0 Å². The zero-order valence-corrected chi connectivity index (χ0v) is 11.1. The fourth-order valence-electron chi connectivity index (χ4n) is 2.33. The van der Waals surface area contributed by atoms with Gasteiger partial charge in [-0.1, -0.05) is 11.6 Å². The van der Waals surface area contributed by atoms with E-state index in [9.17, 15) is 14.9 Å². The van der Waals surface area contributed by atoms with Crippen LogP contribution in [0.3, 0.4) is 0 Å². The topological polar surface area (TPSA) is 83.7 Å². The molecule has 0 radical (unpaired) electrons. The first-order chi connectivity index (χ1) is 8.93. The monoisotopic (exact) mass is 284 g/mol. The molecule has 0 bridgehead atoms. The van der Waals surface area contributed by atoms with Crippen molar-refractivity contribution in [3.8, 4) is 0 Å². The Bertz CT molecular complexity index is 547. The molecule has 1 aromatic rings. The number of nitro benzene ring substituents is 1. The van der Waals surface area contributed by atoms with E-state index in [0.717, 1.165) is 0 Å². The SMILES string of the molecule is Cc1cc(Cl)cc([N+](=O)[O-])c1N1CC(CO)CC1=O. The van der Waals surface area contributed by atoms with Gasteiger partial charge in [-0.25, -0.2) is 0 Å². The number of aryl methyl sites for hydroxylation is 1. The summed E-state index contributed by atoms with van der Waals surface area (Å²) in [6.45, 7) is 1.86. The second-order valence-electron chi connectivity index (χ2n) is 4.60. The van der Waals surface area contributed by atoms with Crippen LogP contribution in [0.4, 0.5) is 11.4 Å². The van der Waals surface area contributed by atoms with E-state index in [1.165, 1.54) is 11.0 Å². The lowest BCUT2D eigenvalue weighted by atomic mass is 10.1. The normalized spacial score (nSPS) is 19.0. The van der Waals surface area contributed by atoms with Crippen molar-refractivity contribution in [2.75, 3.05) is 18.1 Å². The predicted octanol–water partition coefficient (Wildman–Crippen LogP) is 1.90. The smallest absolute Gasteiger partial charge is 0.294 e. The Hall–Kier alpha value is -1.66. The highest BCUT2D eigenvalue weighted by Crippen LogP contribution is 2.37. The molecule has 7 heteroatoms. The van der Waals surface area contributed by atoms with Gasteiger partial charge in [0.2, 0.25) is 5.91 Å². The largest absolute Gasteiger partial charge is 0.396 e. The molecule has 1 aliphatic heterocycles. The van der Waals surface area contributed by atoms with Gasteiger partial charge >= 0.3 is 0 Å². The molecule has 1 N–H and O–H groups in total. The summed E-state index contributed by atoms with van der Waals surface area (Å²) in [4.78, 5) is 23.8. The lowest BCUT2D eigenvalue weighted by molar-refractivity contribution is -0.384. The minimum Gasteiger partial charge on any atom is -0.396 e. The van der Waals surface area contributed by atoms with Gasteiger partial charge < -0.3 is 10.0 Å². The number of benzene rings is 1. The average Bonchev–Trinajstić information content (AvgIpc) is 2.69. The lowest BCUT2D eigenvalue weighted by Gasteiger charge is -2.19. The first-order valence-corrected chi connectivity index (χ1v) is 6.17. The Balaban J connectivity index is 2.50. The first kappa shape index (κ1) is 13.8. The Morgan fingerprint density at radius 2 is 2.26 bits per heavy atom. The van der Waals surface area contributed by atoms with Crippen LogP contribution in [0.2, 0.25) is 5.02 Å². The second-order valence-corrected chi connectivity index (χ2v) is 5.04. The number of amides is 1. The molecule has 102 valence electrons. The summed E-state index contributed by atoms with van der Waals surface area (Å²) < 4.78 is 0. The number of aliphatic hydroxyl groups is 1. The summed E-state index contributed by atoms with van der Waals surface area (Å²) in [5, 5.41) is 20.5. The molecule has 1 heterocycles. The minimum atomic E-state index is -0.548. The van der Waals surface area contributed by atoms with Crippen molar-refractivity contribution in [2.45, 2.75) is 13.3 Å². The van der Waals surface area contributed by atoms with Crippen LogP contribution < -0.4 is 4.90 Å². The highest BCUT2D eigenvalue weighted by atomic mass is 35.5. The fourth-order valence-corrected chi connectivity index (χ4v) is 2.60. The van der Waals surface area contributed by atoms with Crippen molar-refractivity contribution in [3.05, 3.63) is 32.8 Å². The molecule has 1 unspecified atom stereocenters. The summed E-state index contributed by atoms with van der Waals surface area (Å²) in [6, 6.07) is 2.83. The third kappa shape index (κ3) is 2.54. The van der Waals surface area contributed by atoms with Crippen molar-refractivity contribution >= 4 is 28.9 Å². The van der Waals surface area contributed by atoms with Crippen LogP contribution in [0.1, 0.15) is 12.0 Å². The van der Waals surface area contributed by atoms with Crippen molar-refractivity contribution in [2.24, 2.45) is 5.92 Å². The third-order valence-corrected chi connectivity index (χ3v) is 3.39. The number of rotatable bonds is 3. The fraction of sp³-hybridized carbons (Fsp3) is 0.417. The van der Waals surface area contributed by atoms with Crippen LogP contribution in [0.25, 0.3) is 0 Å². The van der Waals surface area contributed by atoms with Crippen molar-refractivity contribution < 1.29 is 14.8 Å². The number of carbonyl (C=O) groups excluding carboxylic acids is 1. The Morgan fingerprint density at radius 1 is 1.58 bits per heavy atom. The molecule has 1 fully saturated rings. The standard InChI is InChI=1S/C12H13ClN2O4/c1-7-2-9(13)4-10(15(18)19)12(7)14-5-8(6-16)3-11(14)17/h2,4,8,16H,3,5-6H2,1H3. The van der Waals surface area contributed by atoms with Gasteiger partial charge in [0.25, 0.3) is 5.69 Å². The first-order valence-electron chi connectivity index (χ1n) is 5.79. The van der Waals surface area contributed by atoms with E-state index in [0.29, 0.717) is 12.1 Å². The lowest BCUT2D eigenvalue weighted by Crippen LogP contribution is -2.26. The van der Waals surface area contributed by atoms with Crippen LogP contribution in [0.15, 0.2) is 12.1 Å². The van der Waals surface area contributed by atoms with E-state index in [4.69, 9.17) is 16.7 Å². The highest BCUT2D eigenvalue weighted by molar-refractivity contribution is 6.31. The predicted molar refractivity (Wildman–Crippen MR) is 70.4 cm³/mol. The summed E-state index contributed by atoms with van der Waals surface area (Å²) >= 11 is 5.82. The molecule has 0 aliphatic carbocycles. The second kappa shape index (κ2) is 5.14. The van der Waals surface area contributed by atoms with Crippen LogP contribution >= 0.6 is 11.6 Å². The van der Waals surface area contributed by atoms with Crippen molar-refractivity contribution in [3.63, 3.8) is 0 Å². The van der Waals surface area contributed by atoms with E-state index >= 15 is 0 Å². The summed E-state index contributed by atoms with van der Waals surface area (Å²) in [7, 11) is 0. The summed E-state index contributed by atoms with van der Waals surface area (Å²) in [6.07, 6.45) is 0.204.